The summed E-state index contributed by atoms with van der Waals surface area (Å²) in [6, 6.07) is 4.37. The minimum atomic E-state index is -0.526. The van der Waals surface area contributed by atoms with E-state index < -0.39 is 4.92 Å². The number of hydrogen-bond acceptors (Lipinski definition) is 7. The fraction of sp³-hybridized carbons (Fsp3) is 0.385. The number of benzene rings is 1. The molecule has 1 fully saturated rings. The number of ether oxygens (including phenoxy) is 2. The maximum atomic E-state index is 11.0. The molecular formula is C13H13N3O5. The third-order valence-electron chi connectivity index (χ3n) is 3.12. The summed E-state index contributed by atoms with van der Waals surface area (Å²) in [6.07, 6.45) is 2.12. The number of rotatable bonds is 6. The number of hydrogen-bond donors (Lipinski definition) is 0. The SMILES string of the molecule is COc1ccc(OCc2nnc(C3CC3)o2)c([N+](=O)[O-])c1. The van der Waals surface area contributed by atoms with Crippen molar-refractivity contribution in [2.45, 2.75) is 25.4 Å². The normalized spacial score (nSPS) is 14.0. The number of nitro benzene ring substituents is 1. The average molecular weight is 291 g/mol. The number of methoxy groups -OCH3 is 1. The maximum Gasteiger partial charge on any atom is 0.314 e. The Hall–Kier alpha value is -2.64. The van der Waals surface area contributed by atoms with Gasteiger partial charge in [0.1, 0.15) is 5.75 Å². The quantitative estimate of drug-likeness (QED) is 0.595. The van der Waals surface area contributed by atoms with Gasteiger partial charge in [0.25, 0.3) is 5.89 Å². The van der Waals surface area contributed by atoms with Gasteiger partial charge >= 0.3 is 5.69 Å². The fourth-order valence-electron chi connectivity index (χ4n) is 1.85. The Morgan fingerprint density at radius 2 is 2.24 bits per heavy atom. The van der Waals surface area contributed by atoms with Crippen LogP contribution in [0.15, 0.2) is 22.6 Å². The summed E-state index contributed by atoms with van der Waals surface area (Å²) in [7, 11) is 1.44. The molecule has 1 aromatic carbocycles. The lowest BCUT2D eigenvalue weighted by atomic mass is 10.3. The van der Waals surface area contributed by atoms with E-state index in [4.69, 9.17) is 13.9 Å². The predicted molar refractivity (Wildman–Crippen MR) is 70.3 cm³/mol. The predicted octanol–water partition coefficient (Wildman–Crippen LogP) is 2.44. The van der Waals surface area contributed by atoms with Gasteiger partial charge in [0, 0.05) is 5.92 Å². The Kier molecular flexibility index (Phi) is 3.43. The van der Waals surface area contributed by atoms with Crippen molar-refractivity contribution < 1.29 is 18.8 Å². The molecule has 3 rings (SSSR count). The first-order valence-corrected chi connectivity index (χ1v) is 6.45. The second-order valence-electron chi connectivity index (χ2n) is 4.69. The van der Waals surface area contributed by atoms with Gasteiger partial charge in [-0.1, -0.05) is 0 Å². The van der Waals surface area contributed by atoms with E-state index >= 15 is 0 Å². The van der Waals surface area contributed by atoms with Crippen molar-refractivity contribution in [3.05, 3.63) is 40.1 Å². The summed E-state index contributed by atoms with van der Waals surface area (Å²) in [6.45, 7) is -0.00705. The standard InChI is InChI=1S/C13H13N3O5/c1-19-9-4-5-11(10(6-9)16(17)18)20-7-12-14-15-13(21-12)8-2-3-8/h4-6,8H,2-3,7H2,1H3. The molecule has 8 heteroatoms. The smallest absolute Gasteiger partial charge is 0.314 e. The number of aromatic nitrogens is 2. The number of nitrogens with zero attached hydrogens (tertiary/aromatic N) is 3. The van der Waals surface area contributed by atoms with E-state index in [1.807, 2.05) is 0 Å². The summed E-state index contributed by atoms with van der Waals surface area (Å²) in [5, 5.41) is 18.8. The highest BCUT2D eigenvalue weighted by atomic mass is 16.6. The van der Waals surface area contributed by atoms with Gasteiger partial charge in [-0.2, -0.15) is 0 Å². The first-order valence-electron chi connectivity index (χ1n) is 6.45. The molecule has 0 atom stereocenters. The van der Waals surface area contributed by atoms with Crippen LogP contribution in [0.3, 0.4) is 0 Å². The zero-order valence-corrected chi connectivity index (χ0v) is 11.3. The molecule has 0 bridgehead atoms. The van der Waals surface area contributed by atoms with E-state index in [-0.39, 0.29) is 18.0 Å². The van der Waals surface area contributed by atoms with Crippen molar-refractivity contribution in [3.63, 3.8) is 0 Å². The molecule has 2 aromatic rings. The van der Waals surface area contributed by atoms with Gasteiger partial charge in [-0.05, 0) is 25.0 Å². The second-order valence-corrected chi connectivity index (χ2v) is 4.69. The van der Waals surface area contributed by atoms with Crippen LogP contribution >= 0.6 is 0 Å². The van der Waals surface area contributed by atoms with Crippen molar-refractivity contribution in [1.29, 1.82) is 0 Å². The van der Waals surface area contributed by atoms with E-state index in [0.717, 1.165) is 12.8 Å². The molecule has 0 saturated heterocycles. The molecule has 1 aliphatic carbocycles. The van der Waals surface area contributed by atoms with Crippen molar-refractivity contribution in [1.82, 2.24) is 10.2 Å². The minimum Gasteiger partial charge on any atom is -0.496 e. The van der Waals surface area contributed by atoms with Crippen molar-refractivity contribution >= 4 is 5.69 Å². The Morgan fingerprint density at radius 1 is 1.43 bits per heavy atom. The minimum absolute atomic E-state index is 0.00705. The molecule has 0 spiro atoms. The molecule has 21 heavy (non-hydrogen) atoms. The summed E-state index contributed by atoms with van der Waals surface area (Å²) in [5.41, 5.74) is -0.170. The first kappa shape index (κ1) is 13.3. The maximum absolute atomic E-state index is 11.0. The molecule has 0 aliphatic heterocycles. The molecule has 0 unspecified atom stereocenters. The molecule has 110 valence electrons. The van der Waals surface area contributed by atoms with Crippen LogP contribution in [-0.4, -0.2) is 22.2 Å². The van der Waals surface area contributed by atoms with Gasteiger partial charge in [0.05, 0.1) is 18.1 Å². The van der Waals surface area contributed by atoms with E-state index in [9.17, 15) is 10.1 Å². The molecule has 1 saturated carbocycles. The van der Waals surface area contributed by atoms with Crippen LogP contribution < -0.4 is 9.47 Å². The van der Waals surface area contributed by atoms with E-state index in [1.54, 1.807) is 6.07 Å². The van der Waals surface area contributed by atoms with E-state index in [2.05, 4.69) is 10.2 Å². The summed E-state index contributed by atoms with van der Waals surface area (Å²) in [4.78, 5) is 10.5. The molecule has 1 aliphatic rings. The lowest BCUT2D eigenvalue weighted by molar-refractivity contribution is -0.386. The summed E-state index contributed by atoms with van der Waals surface area (Å²) in [5.74, 6) is 1.80. The molecule has 1 heterocycles. The Balaban J connectivity index is 1.72. The highest BCUT2D eigenvalue weighted by Crippen LogP contribution is 2.39. The van der Waals surface area contributed by atoms with Crippen molar-refractivity contribution in [2.24, 2.45) is 0 Å². The molecular weight excluding hydrogens is 278 g/mol. The van der Waals surface area contributed by atoms with Crippen LogP contribution in [0.2, 0.25) is 0 Å². The van der Waals surface area contributed by atoms with Gasteiger partial charge in [0.15, 0.2) is 12.4 Å². The van der Waals surface area contributed by atoms with Crippen LogP contribution in [0, 0.1) is 10.1 Å². The van der Waals surface area contributed by atoms with Gasteiger partial charge in [-0.15, -0.1) is 10.2 Å². The molecule has 1 aromatic heterocycles. The van der Waals surface area contributed by atoms with Crippen LogP contribution in [0.1, 0.15) is 30.5 Å². The lowest BCUT2D eigenvalue weighted by Gasteiger charge is -2.06. The molecule has 0 N–H and O–H groups in total. The highest BCUT2D eigenvalue weighted by Gasteiger charge is 2.29. The molecule has 0 radical (unpaired) electrons. The van der Waals surface area contributed by atoms with Gasteiger partial charge < -0.3 is 13.9 Å². The van der Waals surface area contributed by atoms with Crippen LogP contribution in [-0.2, 0) is 6.61 Å². The Bertz CT molecular complexity index is 666. The van der Waals surface area contributed by atoms with Gasteiger partial charge in [0.2, 0.25) is 5.89 Å². The van der Waals surface area contributed by atoms with Crippen molar-refractivity contribution in [3.8, 4) is 11.5 Å². The van der Waals surface area contributed by atoms with Crippen LogP contribution in [0.5, 0.6) is 11.5 Å². The highest BCUT2D eigenvalue weighted by molar-refractivity contribution is 5.50. The van der Waals surface area contributed by atoms with Gasteiger partial charge in [-0.25, -0.2) is 0 Å². The zero-order valence-electron chi connectivity index (χ0n) is 11.3. The summed E-state index contributed by atoms with van der Waals surface area (Å²) < 4.78 is 15.8. The number of nitro groups is 1. The van der Waals surface area contributed by atoms with Crippen molar-refractivity contribution in [2.75, 3.05) is 7.11 Å². The average Bonchev–Trinajstić information content (AvgIpc) is 3.24. The third kappa shape index (κ3) is 2.93. The third-order valence-corrected chi connectivity index (χ3v) is 3.12. The molecule has 8 nitrogen and oxygen atoms in total. The zero-order chi connectivity index (χ0) is 14.8. The van der Waals surface area contributed by atoms with Crippen LogP contribution in [0.4, 0.5) is 5.69 Å². The van der Waals surface area contributed by atoms with E-state index in [1.165, 1.54) is 19.2 Å². The summed E-state index contributed by atoms with van der Waals surface area (Å²) >= 11 is 0. The Morgan fingerprint density at radius 3 is 2.90 bits per heavy atom. The topological polar surface area (TPSA) is 101 Å². The molecule has 0 amide bonds. The lowest BCUT2D eigenvalue weighted by Crippen LogP contribution is -2.00. The van der Waals surface area contributed by atoms with E-state index in [0.29, 0.717) is 23.4 Å². The Labute approximate surface area is 119 Å². The van der Waals surface area contributed by atoms with Gasteiger partial charge in [-0.3, -0.25) is 10.1 Å². The van der Waals surface area contributed by atoms with Crippen LogP contribution in [0.25, 0.3) is 0 Å². The fourth-order valence-corrected chi connectivity index (χ4v) is 1.85. The first-order chi connectivity index (χ1) is 10.2. The second kappa shape index (κ2) is 5.39. The largest absolute Gasteiger partial charge is 0.496 e. The monoisotopic (exact) mass is 291 g/mol.